The molecule has 9 heteroatoms. The van der Waals surface area contributed by atoms with Gasteiger partial charge >= 0.3 is 0 Å². The van der Waals surface area contributed by atoms with Crippen LogP contribution < -0.4 is 16.0 Å². The Kier molecular flexibility index (Phi) is 4.91. The first kappa shape index (κ1) is 18.3. The lowest BCUT2D eigenvalue weighted by atomic mass is 10.1. The fourth-order valence-corrected chi connectivity index (χ4v) is 3.15. The lowest BCUT2D eigenvalue weighted by Gasteiger charge is -2.11. The monoisotopic (exact) mass is 445 g/mol. The number of carbonyl (C=O) groups excluding carboxylic acids is 1. The summed E-state index contributed by atoms with van der Waals surface area (Å²) in [5.41, 5.74) is 2.74. The van der Waals surface area contributed by atoms with Gasteiger partial charge in [-0.15, -0.1) is 0 Å². The van der Waals surface area contributed by atoms with Gasteiger partial charge in [-0.25, -0.2) is 13.8 Å². The van der Waals surface area contributed by atoms with Gasteiger partial charge in [-0.3, -0.25) is 4.79 Å². The fourth-order valence-electron chi connectivity index (χ4n) is 2.82. The number of aromatic nitrogens is 2. The van der Waals surface area contributed by atoms with Gasteiger partial charge in [-0.1, -0.05) is 12.1 Å². The normalized spacial score (nSPS) is 12.5. The molecule has 1 aliphatic heterocycles. The SMILES string of the molecule is O=C1Cc2ccc(Nc3ncc(Br)c(NCc4ccc(F)cc4F)n3)cc2N1. The number of rotatable bonds is 5. The van der Waals surface area contributed by atoms with Crippen LogP contribution in [-0.2, 0) is 17.8 Å². The zero-order valence-corrected chi connectivity index (χ0v) is 16.0. The smallest absolute Gasteiger partial charge is 0.229 e. The molecule has 3 N–H and O–H groups in total. The van der Waals surface area contributed by atoms with E-state index in [2.05, 4.69) is 41.8 Å². The van der Waals surface area contributed by atoms with E-state index in [4.69, 9.17) is 0 Å². The zero-order valence-electron chi connectivity index (χ0n) is 14.4. The van der Waals surface area contributed by atoms with Crippen molar-refractivity contribution in [2.24, 2.45) is 0 Å². The Labute approximate surface area is 167 Å². The highest BCUT2D eigenvalue weighted by Gasteiger charge is 2.17. The molecule has 0 fully saturated rings. The Balaban J connectivity index is 1.49. The van der Waals surface area contributed by atoms with Crippen LogP contribution >= 0.6 is 15.9 Å². The Hall–Kier alpha value is -3.07. The number of nitrogens with zero attached hydrogens (tertiary/aromatic N) is 2. The largest absolute Gasteiger partial charge is 0.365 e. The van der Waals surface area contributed by atoms with Gasteiger partial charge in [-0.2, -0.15) is 4.98 Å². The number of nitrogens with one attached hydrogen (secondary N) is 3. The molecule has 1 aliphatic rings. The molecule has 28 heavy (non-hydrogen) atoms. The lowest BCUT2D eigenvalue weighted by Crippen LogP contribution is -2.07. The molecule has 0 atom stereocenters. The van der Waals surface area contributed by atoms with Crippen molar-refractivity contribution >= 4 is 45.0 Å². The lowest BCUT2D eigenvalue weighted by molar-refractivity contribution is -0.115. The highest BCUT2D eigenvalue weighted by atomic mass is 79.9. The van der Waals surface area contributed by atoms with Gasteiger partial charge in [-0.05, 0) is 39.7 Å². The number of carbonyl (C=O) groups is 1. The molecule has 0 saturated carbocycles. The van der Waals surface area contributed by atoms with Gasteiger partial charge in [0.25, 0.3) is 0 Å². The predicted molar refractivity (Wildman–Crippen MR) is 105 cm³/mol. The molecule has 3 aromatic rings. The molecule has 0 aliphatic carbocycles. The minimum Gasteiger partial charge on any atom is -0.365 e. The third kappa shape index (κ3) is 3.94. The average Bonchev–Trinajstić information content (AvgIpc) is 3.02. The van der Waals surface area contributed by atoms with Crippen LogP contribution in [0, 0.1) is 11.6 Å². The topological polar surface area (TPSA) is 78.9 Å². The van der Waals surface area contributed by atoms with Crippen molar-refractivity contribution < 1.29 is 13.6 Å². The number of anilines is 4. The quantitative estimate of drug-likeness (QED) is 0.543. The van der Waals surface area contributed by atoms with Gasteiger partial charge in [0.05, 0.1) is 10.9 Å². The number of amides is 1. The summed E-state index contributed by atoms with van der Waals surface area (Å²) < 4.78 is 27.4. The number of benzene rings is 2. The zero-order chi connectivity index (χ0) is 19.7. The van der Waals surface area contributed by atoms with Gasteiger partial charge in [0.15, 0.2) is 0 Å². The Bertz CT molecular complexity index is 1080. The summed E-state index contributed by atoms with van der Waals surface area (Å²) in [5, 5.41) is 8.87. The number of fused-ring (bicyclic) bond motifs is 1. The summed E-state index contributed by atoms with van der Waals surface area (Å²) in [6.45, 7) is 0.131. The molecule has 142 valence electrons. The average molecular weight is 446 g/mol. The second-order valence-electron chi connectivity index (χ2n) is 6.20. The fraction of sp³-hybridized carbons (Fsp3) is 0.105. The van der Waals surface area contributed by atoms with Crippen LogP contribution in [-0.4, -0.2) is 15.9 Å². The molecule has 0 saturated heterocycles. The molecule has 0 spiro atoms. The molecular formula is C19H14BrF2N5O. The second kappa shape index (κ2) is 7.51. The molecular weight excluding hydrogens is 432 g/mol. The molecule has 2 aromatic carbocycles. The van der Waals surface area contributed by atoms with Crippen LogP contribution in [0.2, 0.25) is 0 Å². The van der Waals surface area contributed by atoms with Crippen molar-refractivity contribution in [3.63, 3.8) is 0 Å². The van der Waals surface area contributed by atoms with Gasteiger partial charge in [0, 0.05) is 35.7 Å². The summed E-state index contributed by atoms with van der Waals surface area (Å²) in [6, 6.07) is 8.94. The summed E-state index contributed by atoms with van der Waals surface area (Å²) in [6.07, 6.45) is 1.94. The Morgan fingerprint density at radius 2 is 2.04 bits per heavy atom. The van der Waals surface area contributed by atoms with Crippen LogP contribution in [0.5, 0.6) is 0 Å². The van der Waals surface area contributed by atoms with Gasteiger partial charge in [0.1, 0.15) is 17.5 Å². The van der Waals surface area contributed by atoms with E-state index in [-0.39, 0.29) is 12.5 Å². The van der Waals surface area contributed by atoms with Crippen LogP contribution in [0.3, 0.4) is 0 Å². The molecule has 4 rings (SSSR count). The maximum Gasteiger partial charge on any atom is 0.229 e. The van der Waals surface area contributed by atoms with E-state index >= 15 is 0 Å². The number of hydrogen-bond donors (Lipinski definition) is 3. The van der Waals surface area contributed by atoms with E-state index in [9.17, 15) is 13.6 Å². The van der Waals surface area contributed by atoms with Crippen molar-refractivity contribution in [2.45, 2.75) is 13.0 Å². The Morgan fingerprint density at radius 3 is 2.86 bits per heavy atom. The maximum absolute atomic E-state index is 13.8. The molecule has 1 aromatic heterocycles. The van der Waals surface area contributed by atoms with Gasteiger partial charge < -0.3 is 16.0 Å². The van der Waals surface area contributed by atoms with Crippen LogP contribution in [0.4, 0.5) is 31.9 Å². The van der Waals surface area contributed by atoms with Gasteiger partial charge in [0.2, 0.25) is 11.9 Å². The first-order valence-corrected chi connectivity index (χ1v) is 9.17. The van der Waals surface area contributed by atoms with Crippen LogP contribution in [0.1, 0.15) is 11.1 Å². The minimum absolute atomic E-state index is 0.0356. The van der Waals surface area contributed by atoms with Crippen molar-refractivity contribution in [1.29, 1.82) is 0 Å². The van der Waals surface area contributed by atoms with Crippen LogP contribution in [0.25, 0.3) is 0 Å². The van der Waals surface area contributed by atoms with E-state index in [1.807, 2.05) is 18.2 Å². The summed E-state index contributed by atoms with van der Waals surface area (Å²) >= 11 is 3.35. The van der Waals surface area contributed by atoms with Crippen molar-refractivity contribution in [2.75, 3.05) is 16.0 Å². The molecule has 6 nitrogen and oxygen atoms in total. The molecule has 0 bridgehead atoms. The summed E-state index contributed by atoms with van der Waals surface area (Å²) in [7, 11) is 0. The van der Waals surface area contributed by atoms with E-state index in [1.54, 1.807) is 6.20 Å². The van der Waals surface area contributed by atoms with E-state index in [1.165, 1.54) is 12.1 Å². The standard InChI is InChI=1S/C19H14BrF2N5O/c20-14-9-24-19(25-13-4-2-10-5-17(28)26-16(10)7-13)27-18(14)23-8-11-1-3-12(21)6-15(11)22/h1-4,6-7,9H,5,8H2,(H,26,28)(H2,23,24,25,27). The Morgan fingerprint density at radius 1 is 1.18 bits per heavy atom. The van der Waals surface area contributed by atoms with Crippen LogP contribution in [0.15, 0.2) is 47.1 Å². The molecule has 2 heterocycles. The third-order valence-corrected chi connectivity index (χ3v) is 4.78. The number of hydrogen-bond acceptors (Lipinski definition) is 5. The highest BCUT2D eigenvalue weighted by molar-refractivity contribution is 9.10. The summed E-state index contributed by atoms with van der Waals surface area (Å²) in [5.74, 6) is -0.505. The second-order valence-corrected chi connectivity index (χ2v) is 7.06. The molecule has 0 radical (unpaired) electrons. The van der Waals surface area contributed by atoms with E-state index in [0.29, 0.717) is 28.2 Å². The first-order chi connectivity index (χ1) is 13.5. The predicted octanol–water partition coefficient (Wildman–Crippen LogP) is 4.37. The minimum atomic E-state index is -0.629. The highest BCUT2D eigenvalue weighted by Crippen LogP contribution is 2.28. The third-order valence-electron chi connectivity index (χ3n) is 4.20. The van der Waals surface area contributed by atoms with E-state index in [0.717, 1.165) is 23.0 Å². The van der Waals surface area contributed by atoms with E-state index < -0.39 is 11.6 Å². The number of halogens is 3. The van der Waals surface area contributed by atoms with Crippen molar-refractivity contribution in [3.8, 4) is 0 Å². The molecule has 0 unspecified atom stereocenters. The molecule has 1 amide bonds. The summed E-state index contributed by atoms with van der Waals surface area (Å²) in [4.78, 5) is 20.0. The van der Waals surface area contributed by atoms with Crippen molar-refractivity contribution in [3.05, 3.63) is 69.8 Å². The maximum atomic E-state index is 13.8. The first-order valence-electron chi connectivity index (χ1n) is 8.38. The van der Waals surface area contributed by atoms with Crippen molar-refractivity contribution in [1.82, 2.24) is 9.97 Å².